The molecule has 0 radical (unpaired) electrons. The molecule has 0 aromatic carbocycles. The molecule has 98 valence electrons. The van der Waals surface area contributed by atoms with E-state index in [0.29, 0.717) is 18.0 Å². The largest absolute Gasteiger partial charge is 0.361 e. The van der Waals surface area contributed by atoms with Crippen LogP contribution in [0.3, 0.4) is 0 Å². The Morgan fingerprint density at radius 2 is 2.21 bits per heavy atom. The molecule has 0 saturated heterocycles. The van der Waals surface area contributed by atoms with Gasteiger partial charge in [0.15, 0.2) is 0 Å². The number of nitrogens with zero attached hydrogens (tertiary/aromatic N) is 4. The number of nitriles is 1. The molecule has 0 spiro atoms. The van der Waals surface area contributed by atoms with Crippen LogP contribution in [0.1, 0.15) is 23.9 Å². The van der Waals surface area contributed by atoms with Gasteiger partial charge in [-0.2, -0.15) is 5.26 Å². The normalized spacial score (nSPS) is 10.4. The van der Waals surface area contributed by atoms with E-state index in [1.807, 2.05) is 0 Å². The number of hydrogen-bond acceptors (Lipinski definition) is 5. The van der Waals surface area contributed by atoms with Crippen molar-refractivity contribution in [2.45, 2.75) is 26.9 Å². The molecule has 2 heterocycles. The maximum atomic E-state index is 12.1. The summed E-state index contributed by atoms with van der Waals surface area (Å²) in [5.41, 5.74) is -0.680. The van der Waals surface area contributed by atoms with Crippen molar-refractivity contribution in [2.24, 2.45) is 0 Å². The molecule has 0 amide bonds. The number of rotatable bonds is 3. The summed E-state index contributed by atoms with van der Waals surface area (Å²) in [5, 5.41) is 12.6. The Morgan fingerprint density at radius 3 is 2.74 bits per heavy atom. The average Bonchev–Trinajstić information content (AvgIpc) is 2.80. The predicted molar refractivity (Wildman–Crippen MR) is 65.7 cm³/mol. The Kier molecular flexibility index (Phi) is 3.33. The van der Waals surface area contributed by atoms with Gasteiger partial charge in [0.25, 0.3) is 5.56 Å². The third-order valence-electron chi connectivity index (χ3n) is 2.70. The smallest absolute Gasteiger partial charge is 0.331 e. The van der Waals surface area contributed by atoms with E-state index < -0.39 is 11.2 Å². The van der Waals surface area contributed by atoms with Crippen molar-refractivity contribution in [1.29, 1.82) is 5.26 Å². The highest BCUT2D eigenvalue weighted by atomic mass is 16.5. The molecule has 0 atom stereocenters. The maximum Gasteiger partial charge on any atom is 0.331 e. The summed E-state index contributed by atoms with van der Waals surface area (Å²) < 4.78 is 7.19. The molecule has 0 aliphatic carbocycles. The minimum atomic E-state index is -0.613. The second kappa shape index (κ2) is 4.94. The van der Waals surface area contributed by atoms with Crippen LogP contribution < -0.4 is 11.2 Å². The Balaban J connectivity index is 2.59. The van der Waals surface area contributed by atoms with Gasteiger partial charge in [0.1, 0.15) is 23.1 Å². The first kappa shape index (κ1) is 12.8. The van der Waals surface area contributed by atoms with E-state index in [9.17, 15) is 9.59 Å². The number of aromatic nitrogens is 3. The molecular formula is C12H12N4O3. The van der Waals surface area contributed by atoms with Crippen LogP contribution >= 0.6 is 0 Å². The molecule has 0 N–H and O–H groups in total. The van der Waals surface area contributed by atoms with Gasteiger partial charge >= 0.3 is 5.69 Å². The summed E-state index contributed by atoms with van der Waals surface area (Å²) in [4.78, 5) is 24.0. The van der Waals surface area contributed by atoms with Crippen molar-refractivity contribution in [1.82, 2.24) is 14.3 Å². The monoisotopic (exact) mass is 260 g/mol. The van der Waals surface area contributed by atoms with Crippen molar-refractivity contribution in [3.05, 3.63) is 50.1 Å². The zero-order valence-electron chi connectivity index (χ0n) is 10.6. The molecule has 0 aliphatic rings. The van der Waals surface area contributed by atoms with Crippen LogP contribution in [0.2, 0.25) is 0 Å². The minimum absolute atomic E-state index is 0.00940. The summed E-state index contributed by atoms with van der Waals surface area (Å²) in [6, 6.07) is 3.43. The fourth-order valence-corrected chi connectivity index (χ4v) is 1.75. The van der Waals surface area contributed by atoms with Gasteiger partial charge in [0.05, 0.1) is 6.54 Å². The van der Waals surface area contributed by atoms with Crippen molar-refractivity contribution in [2.75, 3.05) is 0 Å². The lowest BCUT2D eigenvalue weighted by Crippen LogP contribution is -2.41. The zero-order valence-corrected chi connectivity index (χ0v) is 10.6. The van der Waals surface area contributed by atoms with Gasteiger partial charge in [0.2, 0.25) is 0 Å². The summed E-state index contributed by atoms with van der Waals surface area (Å²) in [7, 11) is 0. The second-order valence-electron chi connectivity index (χ2n) is 4.04. The Bertz CT molecular complexity index is 761. The lowest BCUT2D eigenvalue weighted by Gasteiger charge is -2.07. The highest BCUT2D eigenvalue weighted by molar-refractivity contribution is 5.23. The van der Waals surface area contributed by atoms with Crippen LogP contribution in [0, 0.1) is 18.3 Å². The molecule has 7 heteroatoms. The van der Waals surface area contributed by atoms with E-state index in [4.69, 9.17) is 9.78 Å². The molecule has 7 nitrogen and oxygen atoms in total. The van der Waals surface area contributed by atoms with Crippen molar-refractivity contribution >= 4 is 0 Å². The third kappa shape index (κ3) is 2.33. The standard InChI is InChI=1S/C12H12N4O3/c1-3-15-6-9(5-13)11(17)16(12(15)18)7-10-4-8(2)19-14-10/h4,6H,3,7H2,1-2H3. The highest BCUT2D eigenvalue weighted by Gasteiger charge is 2.12. The maximum absolute atomic E-state index is 12.1. The van der Waals surface area contributed by atoms with E-state index in [1.54, 1.807) is 26.0 Å². The molecule has 19 heavy (non-hydrogen) atoms. The van der Waals surface area contributed by atoms with Crippen molar-refractivity contribution in [3.63, 3.8) is 0 Å². The first-order chi connectivity index (χ1) is 9.06. The third-order valence-corrected chi connectivity index (χ3v) is 2.70. The van der Waals surface area contributed by atoms with Gasteiger partial charge < -0.3 is 4.52 Å². The van der Waals surface area contributed by atoms with Gasteiger partial charge in [-0.1, -0.05) is 5.16 Å². The summed E-state index contributed by atoms with van der Waals surface area (Å²) in [6.07, 6.45) is 1.27. The number of aryl methyl sites for hydroxylation is 2. The lowest BCUT2D eigenvalue weighted by molar-refractivity contribution is 0.387. The SMILES string of the molecule is CCn1cc(C#N)c(=O)n(Cc2cc(C)on2)c1=O. The summed E-state index contributed by atoms with van der Waals surface area (Å²) in [5.74, 6) is 0.593. The summed E-state index contributed by atoms with van der Waals surface area (Å²) >= 11 is 0. The van der Waals surface area contributed by atoms with Gasteiger partial charge in [-0.15, -0.1) is 0 Å². The second-order valence-corrected chi connectivity index (χ2v) is 4.04. The number of hydrogen-bond donors (Lipinski definition) is 0. The van der Waals surface area contributed by atoms with Crippen molar-refractivity contribution < 1.29 is 4.52 Å². The van der Waals surface area contributed by atoms with Crippen LogP contribution in [0.4, 0.5) is 0 Å². The van der Waals surface area contributed by atoms with E-state index in [0.717, 1.165) is 4.57 Å². The van der Waals surface area contributed by atoms with Crippen LogP contribution in [0.5, 0.6) is 0 Å². The highest BCUT2D eigenvalue weighted by Crippen LogP contribution is 2.02. The van der Waals surface area contributed by atoms with E-state index in [-0.39, 0.29) is 12.1 Å². The fourth-order valence-electron chi connectivity index (χ4n) is 1.75. The zero-order chi connectivity index (χ0) is 14.0. The first-order valence-corrected chi connectivity index (χ1v) is 5.73. The Hall–Kier alpha value is -2.62. The van der Waals surface area contributed by atoms with Crippen molar-refractivity contribution in [3.8, 4) is 6.07 Å². The molecule has 2 aromatic heterocycles. The van der Waals surface area contributed by atoms with Gasteiger partial charge in [-0.05, 0) is 13.8 Å². The topological polar surface area (TPSA) is 93.8 Å². The molecule has 0 bridgehead atoms. The average molecular weight is 260 g/mol. The van der Waals surface area contributed by atoms with Crippen LogP contribution in [-0.4, -0.2) is 14.3 Å². The molecule has 0 saturated carbocycles. The quantitative estimate of drug-likeness (QED) is 0.788. The molecule has 0 aliphatic heterocycles. The summed E-state index contributed by atoms with van der Waals surface area (Å²) in [6.45, 7) is 3.85. The molecular weight excluding hydrogens is 248 g/mol. The minimum Gasteiger partial charge on any atom is -0.361 e. The lowest BCUT2D eigenvalue weighted by atomic mass is 10.3. The first-order valence-electron chi connectivity index (χ1n) is 5.73. The van der Waals surface area contributed by atoms with E-state index in [2.05, 4.69) is 5.16 Å². The predicted octanol–water partition coefficient (Wildman–Crippen LogP) is 0.246. The molecule has 2 aromatic rings. The van der Waals surface area contributed by atoms with E-state index >= 15 is 0 Å². The molecule has 2 rings (SSSR count). The Labute approximate surface area is 108 Å². The van der Waals surface area contributed by atoms with Crippen LogP contribution in [0.25, 0.3) is 0 Å². The van der Waals surface area contributed by atoms with Crippen LogP contribution in [0.15, 0.2) is 26.4 Å². The van der Waals surface area contributed by atoms with Crippen LogP contribution in [-0.2, 0) is 13.1 Å². The fraction of sp³-hybridized carbons (Fsp3) is 0.333. The van der Waals surface area contributed by atoms with E-state index in [1.165, 1.54) is 10.8 Å². The Morgan fingerprint density at radius 1 is 1.47 bits per heavy atom. The van der Waals surface area contributed by atoms with Gasteiger partial charge in [-0.3, -0.25) is 13.9 Å². The van der Waals surface area contributed by atoms with Gasteiger partial charge in [-0.25, -0.2) is 4.79 Å². The van der Waals surface area contributed by atoms with Gasteiger partial charge in [0, 0.05) is 18.8 Å². The molecule has 0 unspecified atom stereocenters. The molecule has 0 fully saturated rings.